The van der Waals surface area contributed by atoms with Gasteiger partial charge in [0.25, 0.3) is 0 Å². The predicted molar refractivity (Wildman–Crippen MR) is 63.4 cm³/mol. The van der Waals surface area contributed by atoms with Gasteiger partial charge in [-0.2, -0.15) is 0 Å². The molecule has 15 heavy (non-hydrogen) atoms. The molecule has 0 spiro atoms. The van der Waals surface area contributed by atoms with Crippen molar-refractivity contribution in [1.82, 2.24) is 0 Å². The molecule has 3 nitrogen and oxygen atoms in total. The molecule has 0 aliphatic carbocycles. The highest BCUT2D eigenvalue weighted by molar-refractivity contribution is 6.26. The average molecular weight is 232 g/mol. The number of ether oxygens (including phenoxy) is 2. The zero-order chi connectivity index (χ0) is 11.2. The molecule has 0 aliphatic heterocycles. The highest BCUT2D eigenvalue weighted by Gasteiger charge is 1.93. The van der Waals surface area contributed by atoms with E-state index < -0.39 is 0 Å². The van der Waals surface area contributed by atoms with Gasteiger partial charge in [0.15, 0.2) is 0 Å². The van der Waals surface area contributed by atoms with Crippen molar-refractivity contribution in [2.24, 2.45) is 0 Å². The molecule has 0 saturated heterocycles. The Hall–Kier alpha value is 0.0969. The van der Waals surface area contributed by atoms with E-state index in [0.29, 0.717) is 29.6 Å². The fraction of sp³-hybridized carbons (Fsp3) is 1.00. The molecular weight excluding hydrogens is 208 g/mol. The molecule has 0 aromatic carbocycles. The van der Waals surface area contributed by atoms with Crippen LogP contribution in [0.25, 0.3) is 0 Å². The van der Waals surface area contributed by atoms with E-state index in [2.05, 4.69) is 6.92 Å². The Kier molecular flexibility index (Phi) is 14.2. The van der Waals surface area contributed by atoms with Crippen LogP contribution in [0.4, 0.5) is 0 Å². The summed E-state index contributed by atoms with van der Waals surface area (Å²) in [7, 11) is 0.643. The predicted octanol–water partition coefficient (Wildman–Crippen LogP) is 2.28. The standard InChI is InChI=1S/C11H24O3Si/c1-3-5-6-11-15-14-10-9-13-8-7-12-4-2/h3-11H2,1-2H3. The maximum atomic E-state index is 5.45. The van der Waals surface area contributed by atoms with Crippen LogP contribution in [0.15, 0.2) is 0 Å². The molecule has 2 radical (unpaired) electrons. The maximum Gasteiger partial charge on any atom is 0.229 e. The van der Waals surface area contributed by atoms with Crippen molar-refractivity contribution in [3.05, 3.63) is 0 Å². The van der Waals surface area contributed by atoms with E-state index in [1.54, 1.807) is 0 Å². The van der Waals surface area contributed by atoms with Gasteiger partial charge in [0.1, 0.15) is 0 Å². The summed E-state index contributed by atoms with van der Waals surface area (Å²) < 4.78 is 15.9. The Morgan fingerprint density at radius 2 is 1.60 bits per heavy atom. The monoisotopic (exact) mass is 232 g/mol. The van der Waals surface area contributed by atoms with E-state index in [0.717, 1.165) is 13.2 Å². The van der Waals surface area contributed by atoms with Gasteiger partial charge >= 0.3 is 0 Å². The van der Waals surface area contributed by atoms with Gasteiger partial charge in [-0.15, -0.1) is 0 Å². The van der Waals surface area contributed by atoms with Crippen molar-refractivity contribution in [3.8, 4) is 0 Å². The summed E-state index contributed by atoms with van der Waals surface area (Å²) in [5, 5.41) is 0. The van der Waals surface area contributed by atoms with Gasteiger partial charge in [0, 0.05) is 6.61 Å². The molecule has 0 aromatic heterocycles. The lowest BCUT2D eigenvalue weighted by atomic mass is 10.3. The first-order valence-electron chi connectivity index (χ1n) is 5.92. The van der Waals surface area contributed by atoms with Crippen molar-refractivity contribution in [1.29, 1.82) is 0 Å². The number of rotatable bonds is 12. The van der Waals surface area contributed by atoms with Crippen LogP contribution in [0, 0.1) is 0 Å². The SMILES string of the molecule is CCCCC[Si]OCCOCCOCC. The molecule has 0 aromatic rings. The number of hydrogen-bond acceptors (Lipinski definition) is 3. The Bertz CT molecular complexity index is 100. The van der Waals surface area contributed by atoms with Crippen LogP contribution in [0.1, 0.15) is 33.1 Å². The molecular formula is C11H24O3Si. The summed E-state index contributed by atoms with van der Waals surface area (Å²) >= 11 is 0. The molecule has 0 fully saturated rings. The summed E-state index contributed by atoms with van der Waals surface area (Å²) in [6.07, 6.45) is 3.90. The Balaban J connectivity index is 2.81. The smallest absolute Gasteiger partial charge is 0.229 e. The summed E-state index contributed by atoms with van der Waals surface area (Å²) in [6, 6.07) is 1.20. The topological polar surface area (TPSA) is 27.7 Å². The van der Waals surface area contributed by atoms with Crippen LogP contribution < -0.4 is 0 Å². The van der Waals surface area contributed by atoms with E-state index >= 15 is 0 Å². The molecule has 90 valence electrons. The summed E-state index contributed by atoms with van der Waals surface area (Å²) in [4.78, 5) is 0. The Labute approximate surface area is 96.4 Å². The third kappa shape index (κ3) is 14.1. The molecule has 0 atom stereocenters. The van der Waals surface area contributed by atoms with E-state index in [4.69, 9.17) is 13.9 Å². The van der Waals surface area contributed by atoms with Crippen LogP contribution in [-0.2, 0) is 13.9 Å². The van der Waals surface area contributed by atoms with Crippen LogP contribution in [-0.4, -0.2) is 42.8 Å². The van der Waals surface area contributed by atoms with Crippen LogP contribution >= 0.6 is 0 Å². The number of hydrogen-bond donors (Lipinski definition) is 0. The molecule has 0 saturated carbocycles. The van der Waals surface area contributed by atoms with Gasteiger partial charge in [0.2, 0.25) is 9.76 Å². The minimum absolute atomic E-state index is 0.643. The highest BCUT2D eigenvalue weighted by atomic mass is 28.2. The van der Waals surface area contributed by atoms with Crippen molar-refractivity contribution < 1.29 is 13.9 Å². The van der Waals surface area contributed by atoms with E-state index in [1.165, 1.54) is 25.3 Å². The normalized spacial score (nSPS) is 10.8. The van der Waals surface area contributed by atoms with Crippen LogP contribution in [0.2, 0.25) is 6.04 Å². The molecule has 0 unspecified atom stereocenters. The first-order chi connectivity index (χ1) is 7.41. The lowest BCUT2D eigenvalue weighted by Crippen LogP contribution is -2.10. The summed E-state index contributed by atoms with van der Waals surface area (Å²) in [5.41, 5.74) is 0. The molecule has 0 amide bonds. The van der Waals surface area contributed by atoms with Gasteiger partial charge in [-0.05, 0) is 13.0 Å². The Morgan fingerprint density at radius 1 is 0.867 bits per heavy atom. The first kappa shape index (κ1) is 15.1. The van der Waals surface area contributed by atoms with Crippen molar-refractivity contribution in [3.63, 3.8) is 0 Å². The van der Waals surface area contributed by atoms with Gasteiger partial charge < -0.3 is 13.9 Å². The zero-order valence-electron chi connectivity index (χ0n) is 10.1. The third-order valence-corrected chi connectivity index (χ3v) is 2.86. The second kappa shape index (κ2) is 14.1. The van der Waals surface area contributed by atoms with Gasteiger partial charge in [-0.1, -0.05) is 26.2 Å². The van der Waals surface area contributed by atoms with E-state index in [9.17, 15) is 0 Å². The molecule has 0 N–H and O–H groups in total. The highest BCUT2D eigenvalue weighted by Crippen LogP contribution is 1.98. The summed E-state index contributed by atoms with van der Waals surface area (Å²) in [5.74, 6) is 0. The summed E-state index contributed by atoms with van der Waals surface area (Å²) in [6.45, 7) is 7.74. The quantitative estimate of drug-likeness (QED) is 0.382. The van der Waals surface area contributed by atoms with Crippen LogP contribution in [0.3, 0.4) is 0 Å². The zero-order valence-corrected chi connectivity index (χ0v) is 11.1. The van der Waals surface area contributed by atoms with Gasteiger partial charge in [-0.3, -0.25) is 0 Å². The number of unbranched alkanes of at least 4 members (excludes halogenated alkanes) is 2. The van der Waals surface area contributed by atoms with Crippen molar-refractivity contribution in [2.75, 3.05) is 33.0 Å². The fourth-order valence-electron chi connectivity index (χ4n) is 1.06. The first-order valence-corrected chi connectivity index (χ1v) is 7.03. The van der Waals surface area contributed by atoms with E-state index in [1.807, 2.05) is 6.92 Å². The lowest BCUT2D eigenvalue weighted by Gasteiger charge is -2.05. The fourth-order valence-corrected chi connectivity index (χ4v) is 1.82. The lowest BCUT2D eigenvalue weighted by molar-refractivity contribution is 0.0408. The van der Waals surface area contributed by atoms with Gasteiger partial charge in [-0.25, -0.2) is 0 Å². The van der Waals surface area contributed by atoms with Crippen molar-refractivity contribution in [2.45, 2.75) is 39.2 Å². The largest absolute Gasteiger partial charge is 0.415 e. The molecule has 0 rings (SSSR count). The minimum atomic E-state index is 0.643. The molecule has 0 aliphatic rings. The van der Waals surface area contributed by atoms with Crippen LogP contribution in [0.5, 0.6) is 0 Å². The second-order valence-electron chi connectivity index (χ2n) is 3.26. The maximum absolute atomic E-state index is 5.45. The van der Waals surface area contributed by atoms with Gasteiger partial charge in [0.05, 0.1) is 26.4 Å². The second-order valence-corrected chi connectivity index (χ2v) is 4.34. The molecule has 0 heterocycles. The average Bonchev–Trinajstić information content (AvgIpc) is 2.26. The molecule has 0 bridgehead atoms. The van der Waals surface area contributed by atoms with Crippen molar-refractivity contribution >= 4 is 9.76 Å². The Morgan fingerprint density at radius 3 is 2.33 bits per heavy atom. The minimum Gasteiger partial charge on any atom is -0.415 e. The third-order valence-electron chi connectivity index (χ3n) is 1.89. The molecule has 4 heteroatoms. The van der Waals surface area contributed by atoms with E-state index in [-0.39, 0.29) is 0 Å².